The maximum Gasteiger partial charge on any atom is 0.255 e. The van der Waals surface area contributed by atoms with Crippen LogP contribution < -0.4 is 15.0 Å². The van der Waals surface area contributed by atoms with Crippen LogP contribution in [0.25, 0.3) is 0 Å². The van der Waals surface area contributed by atoms with E-state index in [-0.39, 0.29) is 12.5 Å². The van der Waals surface area contributed by atoms with Crippen molar-refractivity contribution in [1.82, 2.24) is 0 Å². The standard InChI is InChI=1S/C19H24N2O3/c1-3-13-24-18-6-4-5-15(14-18)19(23)20-16-7-9-17(10-8-16)21(2)11-12-22/h4-10,14,22H,3,11-13H2,1-2H3,(H,20,23). The monoisotopic (exact) mass is 328 g/mol. The summed E-state index contributed by atoms with van der Waals surface area (Å²) in [7, 11) is 1.91. The number of benzene rings is 2. The normalized spacial score (nSPS) is 10.3. The topological polar surface area (TPSA) is 61.8 Å². The minimum Gasteiger partial charge on any atom is -0.494 e. The molecule has 2 N–H and O–H groups in total. The van der Waals surface area contributed by atoms with Crippen LogP contribution in [-0.2, 0) is 0 Å². The summed E-state index contributed by atoms with van der Waals surface area (Å²) in [6.45, 7) is 3.34. The minimum absolute atomic E-state index is 0.103. The van der Waals surface area contributed by atoms with Crippen LogP contribution in [0.5, 0.6) is 5.75 Å². The number of nitrogens with one attached hydrogen (secondary N) is 1. The fourth-order valence-corrected chi connectivity index (χ4v) is 2.23. The number of ether oxygens (including phenoxy) is 1. The first-order valence-electron chi connectivity index (χ1n) is 8.10. The predicted octanol–water partition coefficient (Wildman–Crippen LogP) is 3.16. The molecule has 0 saturated heterocycles. The van der Waals surface area contributed by atoms with Crippen LogP contribution >= 0.6 is 0 Å². The number of aliphatic hydroxyl groups excluding tert-OH is 1. The van der Waals surface area contributed by atoms with Crippen molar-refractivity contribution in [3.63, 3.8) is 0 Å². The Morgan fingerprint density at radius 2 is 1.96 bits per heavy atom. The third-order valence-corrected chi connectivity index (χ3v) is 3.57. The SMILES string of the molecule is CCCOc1cccc(C(=O)Nc2ccc(N(C)CCO)cc2)c1. The molecule has 0 atom stereocenters. The van der Waals surface area contributed by atoms with Gasteiger partial charge in [0.15, 0.2) is 0 Å². The number of likely N-dealkylation sites (N-methyl/N-ethyl adjacent to an activating group) is 1. The number of anilines is 2. The molecule has 2 rings (SSSR count). The predicted molar refractivity (Wildman–Crippen MR) is 97.0 cm³/mol. The second kappa shape index (κ2) is 8.93. The summed E-state index contributed by atoms with van der Waals surface area (Å²) >= 11 is 0. The maximum absolute atomic E-state index is 12.4. The first-order valence-corrected chi connectivity index (χ1v) is 8.10. The van der Waals surface area contributed by atoms with Crippen LogP contribution in [0.2, 0.25) is 0 Å². The summed E-state index contributed by atoms with van der Waals surface area (Å²) in [5, 5.41) is 11.8. The van der Waals surface area contributed by atoms with Gasteiger partial charge in [-0.2, -0.15) is 0 Å². The van der Waals surface area contributed by atoms with Gasteiger partial charge >= 0.3 is 0 Å². The van der Waals surface area contributed by atoms with Gasteiger partial charge in [0.1, 0.15) is 5.75 Å². The van der Waals surface area contributed by atoms with E-state index in [1.165, 1.54) is 0 Å². The smallest absolute Gasteiger partial charge is 0.255 e. The number of hydrogen-bond acceptors (Lipinski definition) is 4. The van der Waals surface area contributed by atoms with Gasteiger partial charge in [0.25, 0.3) is 5.91 Å². The largest absolute Gasteiger partial charge is 0.494 e. The Bertz CT molecular complexity index is 656. The minimum atomic E-state index is -0.173. The highest BCUT2D eigenvalue weighted by atomic mass is 16.5. The molecule has 0 saturated carbocycles. The summed E-state index contributed by atoms with van der Waals surface area (Å²) in [5.41, 5.74) is 2.27. The van der Waals surface area contributed by atoms with Crippen molar-refractivity contribution in [1.29, 1.82) is 0 Å². The molecular weight excluding hydrogens is 304 g/mol. The van der Waals surface area contributed by atoms with Crippen molar-refractivity contribution in [2.45, 2.75) is 13.3 Å². The van der Waals surface area contributed by atoms with Crippen LogP contribution in [0, 0.1) is 0 Å². The zero-order chi connectivity index (χ0) is 17.4. The molecule has 2 aromatic carbocycles. The average molecular weight is 328 g/mol. The molecule has 5 heteroatoms. The maximum atomic E-state index is 12.4. The highest BCUT2D eigenvalue weighted by molar-refractivity contribution is 6.04. The van der Waals surface area contributed by atoms with E-state index >= 15 is 0 Å². The van der Waals surface area contributed by atoms with E-state index in [9.17, 15) is 4.79 Å². The lowest BCUT2D eigenvalue weighted by Crippen LogP contribution is -2.21. The fraction of sp³-hybridized carbons (Fsp3) is 0.316. The Kier molecular flexibility index (Phi) is 6.63. The van der Waals surface area contributed by atoms with E-state index in [0.29, 0.717) is 24.5 Å². The second-order valence-electron chi connectivity index (χ2n) is 5.52. The summed E-state index contributed by atoms with van der Waals surface area (Å²) in [4.78, 5) is 14.3. The van der Waals surface area contributed by atoms with Gasteiger partial charge in [-0.1, -0.05) is 13.0 Å². The highest BCUT2D eigenvalue weighted by Crippen LogP contribution is 2.19. The molecule has 1 amide bonds. The van der Waals surface area contributed by atoms with E-state index in [4.69, 9.17) is 9.84 Å². The lowest BCUT2D eigenvalue weighted by atomic mass is 10.2. The third-order valence-electron chi connectivity index (χ3n) is 3.57. The van der Waals surface area contributed by atoms with Crippen molar-refractivity contribution in [3.05, 3.63) is 54.1 Å². The first-order chi connectivity index (χ1) is 11.6. The van der Waals surface area contributed by atoms with Crippen molar-refractivity contribution in [3.8, 4) is 5.75 Å². The number of rotatable bonds is 8. The molecule has 0 aliphatic carbocycles. The van der Waals surface area contributed by atoms with E-state index in [2.05, 4.69) is 5.32 Å². The summed E-state index contributed by atoms with van der Waals surface area (Å²) < 4.78 is 5.56. The number of aliphatic hydroxyl groups is 1. The van der Waals surface area contributed by atoms with Crippen LogP contribution in [0.3, 0.4) is 0 Å². The molecule has 128 valence electrons. The molecular formula is C19H24N2O3. The number of carbonyl (C=O) groups excluding carboxylic acids is 1. The molecule has 0 aromatic heterocycles. The van der Waals surface area contributed by atoms with Crippen LogP contribution in [0.15, 0.2) is 48.5 Å². The van der Waals surface area contributed by atoms with Crippen molar-refractivity contribution >= 4 is 17.3 Å². The Morgan fingerprint density at radius 3 is 2.62 bits per heavy atom. The van der Waals surface area contributed by atoms with Crippen LogP contribution in [-0.4, -0.2) is 37.8 Å². The zero-order valence-corrected chi connectivity index (χ0v) is 14.2. The molecule has 0 aliphatic rings. The highest BCUT2D eigenvalue weighted by Gasteiger charge is 2.08. The number of carbonyl (C=O) groups is 1. The van der Waals surface area contributed by atoms with Gasteiger partial charge in [0.05, 0.1) is 13.2 Å². The van der Waals surface area contributed by atoms with Crippen LogP contribution in [0.4, 0.5) is 11.4 Å². The molecule has 0 unspecified atom stereocenters. The lowest BCUT2D eigenvalue weighted by Gasteiger charge is -2.18. The van der Waals surface area contributed by atoms with Gasteiger partial charge in [-0.05, 0) is 48.9 Å². The second-order valence-corrected chi connectivity index (χ2v) is 5.52. The van der Waals surface area contributed by atoms with Gasteiger partial charge < -0.3 is 20.1 Å². The molecule has 0 spiro atoms. The van der Waals surface area contributed by atoms with Gasteiger partial charge in [0.2, 0.25) is 0 Å². The molecule has 0 heterocycles. The lowest BCUT2D eigenvalue weighted by molar-refractivity contribution is 0.102. The Balaban J connectivity index is 2.01. The van der Waals surface area contributed by atoms with Crippen LogP contribution in [0.1, 0.15) is 23.7 Å². The summed E-state index contributed by atoms with van der Waals surface area (Å²) in [6.07, 6.45) is 0.924. The Morgan fingerprint density at radius 1 is 1.21 bits per heavy atom. The molecule has 24 heavy (non-hydrogen) atoms. The van der Waals surface area contributed by atoms with E-state index in [0.717, 1.165) is 17.8 Å². The first kappa shape index (κ1) is 17.8. The molecule has 2 aromatic rings. The van der Waals surface area contributed by atoms with E-state index in [1.807, 2.05) is 55.3 Å². The number of nitrogens with zero attached hydrogens (tertiary/aromatic N) is 1. The molecule has 0 fully saturated rings. The quantitative estimate of drug-likeness (QED) is 0.781. The summed E-state index contributed by atoms with van der Waals surface area (Å²) in [5.74, 6) is 0.527. The van der Waals surface area contributed by atoms with Crippen molar-refractivity contribution in [2.24, 2.45) is 0 Å². The number of amides is 1. The van der Waals surface area contributed by atoms with E-state index < -0.39 is 0 Å². The Hall–Kier alpha value is -2.53. The zero-order valence-electron chi connectivity index (χ0n) is 14.2. The van der Waals surface area contributed by atoms with E-state index in [1.54, 1.807) is 12.1 Å². The van der Waals surface area contributed by atoms with Crippen molar-refractivity contribution in [2.75, 3.05) is 37.0 Å². The summed E-state index contributed by atoms with van der Waals surface area (Å²) in [6, 6.07) is 14.7. The molecule has 0 radical (unpaired) electrons. The Labute approximate surface area is 142 Å². The van der Waals surface area contributed by atoms with Gasteiger partial charge in [-0.3, -0.25) is 4.79 Å². The number of hydrogen-bond donors (Lipinski definition) is 2. The van der Waals surface area contributed by atoms with Gasteiger partial charge in [-0.15, -0.1) is 0 Å². The van der Waals surface area contributed by atoms with Crippen molar-refractivity contribution < 1.29 is 14.6 Å². The van der Waals surface area contributed by atoms with Gasteiger partial charge in [0, 0.05) is 30.5 Å². The fourth-order valence-electron chi connectivity index (χ4n) is 2.23. The third kappa shape index (κ3) is 4.99. The van der Waals surface area contributed by atoms with Gasteiger partial charge in [-0.25, -0.2) is 0 Å². The average Bonchev–Trinajstić information content (AvgIpc) is 2.61. The molecule has 0 aliphatic heterocycles. The molecule has 0 bridgehead atoms. The molecule has 5 nitrogen and oxygen atoms in total.